The maximum atomic E-state index is 12.5. The van der Waals surface area contributed by atoms with Crippen molar-refractivity contribution in [2.75, 3.05) is 20.8 Å². The number of rotatable bonds is 3. The molecular weight excluding hydrogens is 390 g/mol. The number of hydrogen-bond acceptors (Lipinski definition) is 5. The predicted molar refractivity (Wildman–Crippen MR) is 119 cm³/mol. The van der Waals surface area contributed by atoms with Crippen LogP contribution in [0.1, 0.15) is 76.6 Å². The summed E-state index contributed by atoms with van der Waals surface area (Å²) in [4.78, 5) is 0. The van der Waals surface area contributed by atoms with Gasteiger partial charge in [-0.05, 0) is 62.6 Å². The summed E-state index contributed by atoms with van der Waals surface area (Å²) in [6, 6.07) is 3.86. The van der Waals surface area contributed by atoms with Gasteiger partial charge in [0, 0.05) is 47.8 Å². The highest BCUT2D eigenvalue weighted by Gasteiger charge is 2.81. The van der Waals surface area contributed by atoms with Crippen LogP contribution in [0.25, 0.3) is 0 Å². The second kappa shape index (κ2) is 5.78. The van der Waals surface area contributed by atoms with Crippen LogP contribution >= 0.6 is 0 Å². The molecule has 1 saturated heterocycles. The number of aliphatic hydroxyl groups is 1. The van der Waals surface area contributed by atoms with Crippen molar-refractivity contribution in [1.29, 1.82) is 0 Å². The first-order valence-corrected chi connectivity index (χ1v) is 11.2. The molecule has 7 rings (SSSR count). The highest BCUT2D eigenvalue weighted by Crippen LogP contribution is 2.77. The predicted octanol–water partition coefficient (Wildman–Crippen LogP) is 3.59. The zero-order valence-electron chi connectivity index (χ0n) is 27.3. The number of ether oxygens (including phenoxy) is 3. The molecule has 2 N–H and O–H groups in total. The van der Waals surface area contributed by atoms with Crippen LogP contribution in [0.2, 0.25) is 0 Å². The molecule has 0 radical (unpaired) electrons. The Labute approximate surface area is 198 Å². The fourth-order valence-electron chi connectivity index (χ4n) is 8.41. The fourth-order valence-corrected chi connectivity index (χ4v) is 8.41. The van der Waals surface area contributed by atoms with Crippen molar-refractivity contribution in [1.82, 2.24) is 5.32 Å². The molecule has 31 heavy (non-hydrogen) atoms. The quantitative estimate of drug-likeness (QED) is 0.758. The van der Waals surface area contributed by atoms with Crippen LogP contribution in [0.15, 0.2) is 12.1 Å². The van der Waals surface area contributed by atoms with Crippen LogP contribution in [-0.2, 0) is 16.6 Å². The number of nitrogens with one attached hydrogen (secondary N) is 1. The average Bonchev–Trinajstić information content (AvgIpc) is 3.17. The van der Waals surface area contributed by atoms with Crippen LogP contribution in [0, 0.1) is 16.7 Å². The third-order valence-corrected chi connectivity index (χ3v) is 9.83. The molecule has 5 heteroatoms. The molecule has 4 fully saturated rings. The molecule has 5 nitrogen and oxygen atoms in total. The number of methoxy groups -OCH3 is 2. The van der Waals surface area contributed by atoms with Crippen molar-refractivity contribution in [2.45, 2.75) is 88.3 Å². The molecule has 3 saturated carbocycles. The van der Waals surface area contributed by atoms with Crippen LogP contribution < -0.4 is 14.8 Å². The second-order valence-electron chi connectivity index (χ2n) is 10.5. The lowest BCUT2D eigenvalue weighted by Gasteiger charge is -2.74. The van der Waals surface area contributed by atoms with Gasteiger partial charge in [-0.25, -0.2) is 0 Å². The SMILES string of the molecule is [2H]C([2H])([2H])C(C([2H])([2H])[2H])(C([2H])([2H])[2H])C(C)(O)[C@H]1C[C@@]23CC[C@]1(OC)[C@@H]1Oc4c(OC)ccc5c4[C@@]12CCN[C@@H]3C5. The topological polar surface area (TPSA) is 60.0 Å². The average molecular weight is 437 g/mol. The Morgan fingerprint density at radius 3 is 2.74 bits per heavy atom. The number of benzene rings is 1. The zero-order valence-corrected chi connectivity index (χ0v) is 18.3. The molecule has 4 bridgehead atoms. The van der Waals surface area contributed by atoms with Gasteiger partial charge in [-0.15, -0.1) is 0 Å². The van der Waals surface area contributed by atoms with Gasteiger partial charge in [0.15, 0.2) is 11.5 Å². The van der Waals surface area contributed by atoms with Gasteiger partial charge >= 0.3 is 0 Å². The highest BCUT2D eigenvalue weighted by atomic mass is 16.6. The van der Waals surface area contributed by atoms with Gasteiger partial charge < -0.3 is 24.6 Å². The zero-order chi connectivity index (χ0) is 29.5. The van der Waals surface area contributed by atoms with Gasteiger partial charge in [0.05, 0.1) is 12.7 Å². The summed E-state index contributed by atoms with van der Waals surface area (Å²) in [6.45, 7) is -8.89. The molecule has 4 aliphatic carbocycles. The molecule has 0 amide bonds. The Morgan fingerprint density at radius 2 is 2.03 bits per heavy atom. The molecule has 7 atom stereocenters. The molecule has 1 aromatic rings. The largest absolute Gasteiger partial charge is 0.493 e. The lowest BCUT2D eigenvalue weighted by Crippen LogP contribution is -2.83. The van der Waals surface area contributed by atoms with E-state index in [0.29, 0.717) is 43.7 Å². The van der Waals surface area contributed by atoms with Crippen LogP contribution in [0.5, 0.6) is 11.5 Å². The summed E-state index contributed by atoms with van der Waals surface area (Å²) in [5, 5.41) is 16.2. The summed E-state index contributed by atoms with van der Waals surface area (Å²) in [7, 11) is 3.03. The smallest absolute Gasteiger partial charge is 0.165 e. The lowest BCUT2D eigenvalue weighted by molar-refractivity contribution is -0.303. The fraction of sp³-hybridized carbons (Fsp3) is 0.769. The first-order chi connectivity index (χ1) is 18.3. The number of fused-ring (bicyclic) bond motifs is 2. The minimum atomic E-state index is -3.56. The summed E-state index contributed by atoms with van der Waals surface area (Å²) >= 11 is 0. The van der Waals surface area contributed by atoms with Crippen molar-refractivity contribution < 1.29 is 31.7 Å². The molecule has 1 unspecified atom stereocenters. The van der Waals surface area contributed by atoms with E-state index in [4.69, 9.17) is 26.5 Å². The molecule has 2 heterocycles. The number of hydrogen-bond donors (Lipinski definition) is 2. The number of piperidine rings is 1. The Bertz CT molecular complexity index is 1210. The van der Waals surface area contributed by atoms with E-state index in [9.17, 15) is 5.11 Å². The van der Waals surface area contributed by atoms with Gasteiger partial charge in [0.25, 0.3) is 0 Å². The van der Waals surface area contributed by atoms with E-state index < -0.39 is 60.0 Å². The monoisotopic (exact) mass is 436 g/mol. The van der Waals surface area contributed by atoms with E-state index in [1.807, 2.05) is 6.07 Å². The van der Waals surface area contributed by atoms with E-state index in [1.54, 1.807) is 7.11 Å². The Morgan fingerprint density at radius 1 is 1.23 bits per heavy atom. The van der Waals surface area contributed by atoms with E-state index >= 15 is 0 Å². The normalized spacial score (nSPS) is 49.3. The second-order valence-corrected chi connectivity index (χ2v) is 10.5. The molecule has 2 aliphatic heterocycles. The minimum Gasteiger partial charge on any atom is -0.493 e. The van der Waals surface area contributed by atoms with Gasteiger partial charge in [-0.1, -0.05) is 26.6 Å². The van der Waals surface area contributed by atoms with Crippen molar-refractivity contribution in [3.63, 3.8) is 0 Å². The first kappa shape index (κ1) is 12.8. The van der Waals surface area contributed by atoms with Crippen molar-refractivity contribution in [3.8, 4) is 11.5 Å². The molecule has 170 valence electrons. The standard InChI is InChI=1S/C26H37NO4/c1-22(2,3)23(4,28)17-14-24-9-10-26(17,30-6)21-25(24)11-12-27-18(24)13-15-7-8-16(29-5)20(31-21)19(15)25/h7-8,17-18,21,27-28H,9-14H2,1-6H3/t17-,18-,21-,23?,24-,25+,26-/m1/s1/i1D3,2D3,3D3. The van der Waals surface area contributed by atoms with Crippen LogP contribution in [-0.4, -0.2) is 49.2 Å². The molecule has 1 aromatic carbocycles. The molecular formula is C26H37NO4. The van der Waals surface area contributed by atoms with E-state index in [0.717, 1.165) is 18.1 Å². The van der Waals surface area contributed by atoms with Gasteiger partial charge in [0.1, 0.15) is 11.7 Å². The summed E-state index contributed by atoms with van der Waals surface area (Å²) < 4.78 is 94.1. The van der Waals surface area contributed by atoms with Gasteiger partial charge in [-0.2, -0.15) is 0 Å². The molecule has 6 aliphatic rings. The minimum absolute atomic E-state index is 0.0599. The third kappa shape index (κ3) is 1.98. The van der Waals surface area contributed by atoms with Crippen LogP contribution in [0.3, 0.4) is 0 Å². The maximum absolute atomic E-state index is 12.5. The third-order valence-electron chi connectivity index (χ3n) is 9.83. The van der Waals surface area contributed by atoms with Crippen LogP contribution in [0.4, 0.5) is 0 Å². The molecule has 2 spiro atoms. The summed E-state index contributed by atoms with van der Waals surface area (Å²) in [5.74, 6) is -0.0140. The Balaban J connectivity index is 1.65. The van der Waals surface area contributed by atoms with Crippen molar-refractivity contribution in [2.24, 2.45) is 16.7 Å². The molecule has 0 aromatic heterocycles. The summed E-state index contributed by atoms with van der Waals surface area (Å²) in [6.07, 6.45) is 1.86. The van der Waals surface area contributed by atoms with E-state index in [1.165, 1.54) is 7.11 Å². The lowest BCUT2D eigenvalue weighted by atomic mass is 9.33. The van der Waals surface area contributed by atoms with Gasteiger partial charge in [0.2, 0.25) is 0 Å². The Hall–Kier alpha value is -1.30. The summed E-state index contributed by atoms with van der Waals surface area (Å²) in [5.41, 5.74) is -6.48. The van der Waals surface area contributed by atoms with E-state index in [-0.39, 0.29) is 12.5 Å². The van der Waals surface area contributed by atoms with Crippen molar-refractivity contribution >= 4 is 0 Å². The highest BCUT2D eigenvalue weighted by molar-refractivity contribution is 5.63. The van der Waals surface area contributed by atoms with Gasteiger partial charge in [-0.3, -0.25) is 0 Å². The van der Waals surface area contributed by atoms with Crippen molar-refractivity contribution in [3.05, 3.63) is 23.3 Å². The van der Waals surface area contributed by atoms with E-state index in [2.05, 4.69) is 11.4 Å². The maximum Gasteiger partial charge on any atom is 0.165 e. The Kier molecular flexibility index (Phi) is 2.39. The first-order valence-electron chi connectivity index (χ1n) is 15.7.